The smallest absolute Gasteiger partial charge is 0.263 e. The van der Waals surface area contributed by atoms with Crippen molar-refractivity contribution in [1.82, 2.24) is 15.2 Å². The molecular weight excluding hydrogens is 350 g/mol. The van der Waals surface area contributed by atoms with Crippen molar-refractivity contribution in [1.29, 1.82) is 0 Å². The van der Waals surface area contributed by atoms with E-state index in [0.717, 1.165) is 43.8 Å². The Morgan fingerprint density at radius 2 is 1.96 bits per heavy atom. The van der Waals surface area contributed by atoms with Crippen molar-refractivity contribution in [3.05, 3.63) is 33.7 Å². The van der Waals surface area contributed by atoms with Gasteiger partial charge in [-0.2, -0.15) is 0 Å². The molecule has 1 aliphatic heterocycles. The third-order valence-electron chi connectivity index (χ3n) is 5.77. The summed E-state index contributed by atoms with van der Waals surface area (Å²) in [4.78, 5) is 25.4. The van der Waals surface area contributed by atoms with Gasteiger partial charge in [-0.05, 0) is 62.7 Å². The first-order valence-corrected chi connectivity index (χ1v) is 9.84. The minimum Gasteiger partial charge on any atom is -0.352 e. The van der Waals surface area contributed by atoms with E-state index >= 15 is 0 Å². The number of carbonyl (C=O) groups is 1. The van der Waals surface area contributed by atoms with Crippen LogP contribution in [-0.2, 0) is 6.54 Å². The summed E-state index contributed by atoms with van der Waals surface area (Å²) in [6, 6.07) is 1.89. The van der Waals surface area contributed by atoms with Gasteiger partial charge < -0.3 is 15.2 Å². The first-order valence-electron chi connectivity index (χ1n) is 9.84. The third-order valence-corrected chi connectivity index (χ3v) is 5.77. The molecule has 0 radical (unpaired) electrons. The number of piperidine rings is 1. The van der Waals surface area contributed by atoms with Crippen LogP contribution in [0.1, 0.15) is 60.9 Å². The number of aryl methyl sites for hydroxylation is 1. The molecule has 2 heterocycles. The molecule has 2 aliphatic rings. The van der Waals surface area contributed by atoms with Crippen LogP contribution >= 0.6 is 12.4 Å². The van der Waals surface area contributed by atoms with E-state index in [9.17, 15) is 9.59 Å². The van der Waals surface area contributed by atoms with Crippen LogP contribution in [0.2, 0.25) is 0 Å². The lowest BCUT2D eigenvalue weighted by atomic mass is 9.99. The SMILES string of the molecule is Cc1ccn(CC2CCCNC2)c(=O)c1C(=O)NCCC1CCCC1.Cl. The molecule has 2 N–H and O–H groups in total. The lowest BCUT2D eigenvalue weighted by molar-refractivity contribution is 0.0948. The summed E-state index contributed by atoms with van der Waals surface area (Å²) in [5.41, 5.74) is 0.933. The molecule has 1 saturated heterocycles. The van der Waals surface area contributed by atoms with Gasteiger partial charge in [0.1, 0.15) is 5.56 Å². The highest BCUT2D eigenvalue weighted by atomic mass is 35.5. The van der Waals surface area contributed by atoms with Crippen LogP contribution in [-0.4, -0.2) is 30.1 Å². The Bertz CT molecular complexity index is 647. The fourth-order valence-electron chi connectivity index (χ4n) is 4.22. The normalized spacial score (nSPS) is 20.6. The van der Waals surface area contributed by atoms with Gasteiger partial charge in [0.2, 0.25) is 0 Å². The van der Waals surface area contributed by atoms with Crippen molar-refractivity contribution in [2.75, 3.05) is 19.6 Å². The van der Waals surface area contributed by atoms with Gasteiger partial charge in [-0.1, -0.05) is 25.7 Å². The minimum atomic E-state index is -0.211. The van der Waals surface area contributed by atoms with E-state index in [4.69, 9.17) is 0 Å². The molecule has 1 aromatic rings. The van der Waals surface area contributed by atoms with Crippen molar-refractivity contribution < 1.29 is 4.79 Å². The Morgan fingerprint density at radius 1 is 1.23 bits per heavy atom. The van der Waals surface area contributed by atoms with Crippen LogP contribution in [0.15, 0.2) is 17.1 Å². The molecule has 3 rings (SSSR count). The average molecular weight is 382 g/mol. The Kier molecular flexibility index (Phi) is 8.16. The number of rotatable bonds is 6. The zero-order valence-electron chi connectivity index (χ0n) is 15.8. The summed E-state index contributed by atoms with van der Waals surface area (Å²) in [7, 11) is 0. The number of aromatic nitrogens is 1. The quantitative estimate of drug-likeness (QED) is 0.796. The van der Waals surface area contributed by atoms with Crippen LogP contribution in [0.3, 0.4) is 0 Å². The molecule has 2 fully saturated rings. The summed E-state index contributed by atoms with van der Waals surface area (Å²) in [6.45, 7) is 5.22. The van der Waals surface area contributed by atoms with E-state index in [1.807, 2.05) is 19.2 Å². The maximum atomic E-state index is 12.8. The maximum absolute atomic E-state index is 12.8. The monoisotopic (exact) mass is 381 g/mol. The second-order valence-corrected chi connectivity index (χ2v) is 7.74. The summed E-state index contributed by atoms with van der Waals surface area (Å²) in [5, 5.41) is 6.36. The molecular formula is C20H32ClN3O2. The van der Waals surface area contributed by atoms with Crippen LogP contribution in [0.25, 0.3) is 0 Å². The molecule has 1 saturated carbocycles. The molecule has 26 heavy (non-hydrogen) atoms. The predicted octanol–water partition coefficient (Wildman–Crippen LogP) is 2.89. The first kappa shape index (κ1) is 21.0. The number of halogens is 1. The number of carbonyl (C=O) groups excluding carboxylic acids is 1. The average Bonchev–Trinajstić information content (AvgIpc) is 3.12. The lowest BCUT2D eigenvalue weighted by Crippen LogP contribution is -2.38. The summed E-state index contributed by atoms with van der Waals surface area (Å²) in [5.74, 6) is 0.997. The van der Waals surface area contributed by atoms with Gasteiger partial charge in [0.25, 0.3) is 11.5 Å². The van der Waals surface area contributed by atoms with Gasteiger partial charge in [0.05, 0.1) is 0 Å². The van der Waals surface area contributed by atoms with Crippen LogP contribution in [0, 0.1) is 18.8 Å². The van der Waals surface area contributed by atoms with Crippen molar-refractivity contribution in [3.63, 3.8) is 0 Å². The van der Waals surface area contributed by atoms with E-state index in [1.165, 1.54) is 25.7 Å². The number of nitrogens with one attached hydrogen (secondary N) is 2. The fraction of sp³-hybridized carbons (Fsp3) is 0.700. The van der Waals surface area contributed by atoms with E-state index < -0.39 is 0 Å². The zero-order valence-corrected chi connectivity index (χ0v) is 16.6. The summed E-state index contributed by atoms with van der Waals surface area (Å²) >= 11 is 0. The minimum absolute atomic E-state index is 0. The largest absolute Gasteiger partial charge is 0.352 e. The molecule has 1 aliphatic carbocycles. The molecule has 1 atom stereocenters. The third kappa shape index (κ3) is 5.34. The summed E-state index contributed by atoms with van der Waals surface area (Å²) < 4.78 is 1.72. The van der Waals surface area contributed by atoms with Gasteiger partial charge in [-0.3, -0.25) is 9.59 Å². The van der Waals surface area contributed by atoms with Gasteiger partial charge in [0, 0.05) is 19.3 Å². The molecule has 0 bridgehead atoms. The van der Waals surface area contributed by atoms with Crippen molar-refractivity contribution in [2.45, 2.75) is 58.4 Å². The molecule has 0 spiro atoms. The standard InChI is InChI=1S/C20H31N3O2.ClH/c1-15-9-12-23(14-17-7-4-10-21-13-17)20(25)18(15)19(24)22-11-8-16-5-2-3-6-16;/h9,12,16-17,21H,2-8,10-11,13-14H2,1H3,(H,22,24);1H. The van der Waals surface area contributed by atoms with Gasteiger partial charge in [-0.15, -0.1) is 12.4 Å². The molecule has 1 amide bonds. The van der Waals surface area contributed by atoms with E-state index in [-0.39, 0.29) is 23.9 Å². The molecule has 146 valence electrons. The number of pyridine rings is 1. The first-order chi connectivity index (χ1) is 12.1. The van der Waals surface area contributed by atoms with Crippen molar-refractivity contribution in [2.24, 2.45) is 11.8 Å². The number of hydrogen-bond acceptors (Lipinski definition) is 3. The zero-order chi connectivity index (χ0) is 17.6. The predicted molar refractivity (Wildman–Crippen MR) is 107 cm³/mol. The topological polar surface area (TPSA) is 63.1 Å². The highest BCUT2D eigenvalue weighted by Gasteiger charge is 2.20. The van der Waals surface area contributed by atoms with Crippen LogP contribution in [0.5, 0.6) is 0 Å². The van der Waals surface area contributed by atoms with Gasteiger partial charge >= 0.3 is 0 Å². The van der Waals surface area contributed by atoms with Crippen LogP contribution in [0.4, 0.5) is 0 Å². The van der Waals surface area contributed by atoms with E-state index in [2.05, 4.69) is 10.6 Å². The number of amides is 1. The Morgan fingerprint density at radius 3 is 2.65 bits per heavy atom. The Hall–Kier alpha value is -1.33. The number of hydrogen-bond donors (Lipinski definition) is 2. The molecule has 5 nitrogen and oxygen atoms in total. The van der Waals surface area contributed by atoms with Gasteiger partial charge in [0.15, 0.2) is 0 Å². The molecule has 1 unspecified atom stereocenters. The van der Waals surface area contributed by atoms with Crippen molar-refractivity contribution in [3.8, 4) is 0 Å². The van der Waals surface area contributed by atoms with Crippen LogP contribution < -0.4 is 16.2 Å². The second kappa shape index (κ2) is 10.1. The van der Waals surface area contributed by atoms with Crippen molar-refractivity contribution >= 4 is 18.3 Å². The Labute approximate surface area is 162 Å². The molecule has 1 aromatic heterocycles. The number of nitrogens with zero attached hydrogens (tertiary/aromatic N) is 1. The molecule has 0 aromatic carbocycles. The highest BCUT2D eigenvalue weighted by Crippen LogP contribution is 2.26. The van der Waals surface area contributed by atoms with E-state index in [0.29, 0.717) is 24.6 Å². The van der Waals surface area contributed by atoms with E-state index in [1.54, 1.807) is 4.57 Å². The maximum Gasteiger partial charge on any atom is 0.263 e. The highest BCUT2D eigenvalue weighted by molar-refractivity contribution is 5.95. The molecule has 6 heteroatoms. The summed E-state index contributed by atoms with van der Waals surface area (Å²) in [6.07, 6.45) is 10.3. The Balaban J connectivity index is 0.00000243. The lowest BCUT2D eigenvalue weighted by Gasteiger charge is -2.23. The second-order valence-electron chi connectivity index (χ2n) is 7.74. The fourth-order valence-corrected chi connectivity index (χ4v) is 4.22. The van der Waals surface area contributed by atoms with Gasteiger partial charge in [-0.25, -0.2) is 0 Å².